The summed E-state index contributed by atoms with van der Waals surface area (Å²) in [6, 6.07) is 0. The molecule has 3 aliphatic heterocycles. The van der Waals surface area contributed by atoms with Crippen LogP contribution in [0.1, 0.15) is 0 Å². The molecular formula is C18H26O19. The molecule has 0 saturated carbocycles. The van der Waals surface area contributed by atoms with Crippen molar-refractivity contribution >= 4 is 19.4 Å². The second kappa shape index (κ2) is 12.6. The predicted molar refractivity (Wildman–Crippen MR) is 101 cm³/mol. The van der Waals surface area contributed by atoms with E-state index < -0.39 is 92.7 Å². The highest BCUT2D eigenvalue weighted by Gasteiger charge is 2.54. The maximum Gasteiger partial charge on any atom is 0.295 e. The number of hydrogen-bond acceptors (Lipinski definition) is 19. The second-order valence-electron chi connectivity index (χ2n) is 7.97. The maximum atomic E-state index is 11.0. The van der Waals surface area contributed by atoms with Gasteiger partial charge in [0.15, 0.2) is 31.1 Å². The SMILES string of the molecule is O=COC1O[C@@H](O[C@@H]2C(OC=O)O[C@@H](O[C@@H]3C(OC=O)O[C@@H](O)C(O)C3O)[C@H](O)C2O)C(O)C(O)[C@@H]1O. The number of carbonyl (C=O) groups excluding carboxylic acids is 3. The van der Waals surface area contributed by atoms with Crippen molar-refractivity contribution in [2.24, 2.45) is 0 Å². The molecule has 0 amide bonds. The van der Waals surface area contributed by atoms with Crippen LogP contribution in [0.5, 0.6) is 0 Å². The zero-order chi connectivity index (χ0) is 27.4. The van der Waals surface area contributed by atoms with Crippen molar-refractivity contribution in [1.82, 2.24) is 0 Å². The number of rotatable bonds is 10. The first-order valence-corrected chi connectivity index (χ1v) is 10.5. The minimum Gasteiger partial charge on any atom is -0.435 e. The van der Waals surface area contributed by atoms with Crippen molar-refractivity contribution in [3.63, 3.8) is 0 Å². The van der Waals surface area contributed by atoms with E-state index in [1.807, 2.05) is 0 Å². The fourth-order valence-corrected chi connectivity index (χ4v) is 3.76. The molecule has 0 aromatic heterocycles. The molecule has 8 N–H and O–H groups in total. The molecule has 37 heavy (non-hydrogen) atoms. The average Bonchev–Trinajstić information content (AvgIpc) is 2.87. The zero-order valence-corrected chi connectivity index (χ0v) is 18.5. The maximum absolute atomic E-state index is 11.0. The molecule has 19 nitrogen and oxygen atoms in total. The molecule has 3 heterocycles. The van der Waals surface area contributed by atoms with Crippen molar-refractivity contribution in [2.45, 2.75) is 92.7 Å². The molecule has 3 saturated heterocycles. The lowest BCUT2D eigenvalue weighted by atomic mass is 10.0. The third-order valence-electron chi connectivity index (χ3n) is 5.70. The molecule has 212 valence electrons. The van der Waals surface area contributed by atoms with Crippen LogP contribution < -0.4 is 0 Å². The van der Waals surface area contributed by atoms with Gasteiger partial charge in [-0.25, -0.2) is 0 Å². The van der Waals surface area contributed by atoms with Crippen molar-refractivity contribution in [2.75, 3.05) is 0 Å². The summed E-state index contributed by atoms with van der Waals surface area (Å²) in [6.45, 7) is -0.414. The summed E-state index contributed by atoms with van der Waals surface area (Å²) in [4.78, 5) is 32.4. The van der Waals surface area contributed by atoms with Crippen molar-refractivity contribution in [3.05, 3.63) is 0 Å². The molecule has 0 aliphatic carbocycles. The smallest absolute Gasteiger partial charge is 0.295 e. The van der Waals surface area contributed by atoms with Crippen LogP contribution in [0.3, 0.4) is 0 Å². The van der Waals surface area contributed by atoms with E-state index >= 15 is 0 Å². The Hall–Kier alpha value is -2.11. The Morgan fingerprint density at radius 1 is 0.432 bits per heavy atom. The monoisotopic (exact) mass is 546 g/mol. The quantitative estimate of drug-likeness (QED) is 0.0932. The van der Waals surface area contributed by atoms with Gasteiger partial charge < -0.3 is 78.7 Å². The van der Waals surface area contributed by atoms with Crippen LogP contribution in [0.2, 0.25) is 0 Å². The first kappa shape index (κ1) is 29.4. The Morgan fingerprint density at radius 2 is 0.811 bits per heavy atom. The average molecular weight is 546 g/mol. The standard InChI is InChI=1S/C18H26O19/c19-1-30-14-8(26)4(22)9(27)15(36-14)34-12-6(24)10(28)16(37-18(12)32-3-21)33-11-5(23)7(25)13(29)35-17(11)31-2-20/h1-18,22-29H/t4?,5?,6?,7?,8-,9?,10+,11-,12-,13+,14?,15+,16+,17?,18?/m0/s1. The molecular weight excluding hydrogens is 520 g/mol. The number of aliphatic hydroxyl groups excluding tert-OH is 8. The minimum atomic E-state index is -2.09. The lowest BCUT2D eigenvalue weighted by Gasteiger charge is -2.46. The molecule has 8 unspecified atom stereocenters. The van der Waals surface area contributed by atoms with Crippen molar-refractivity contribution < 1.29 is 93.1 Å². The van der Waals surface area contributed by atoms with Crippen LogP contribution in [-0.2, 0) is 52.3 Å². The largest absolute Gasteiger partial charge is 0.435 e. The molecule has 0 radical (unpaired) electrons. The van der Waals surface area contributed by atoms with Crippen molar-refractivity contribution in [3.8, 4) is 0 Å². The molecule has 0 spiro atoms. The third-order valence-corrected chi connectivity index (χ3v) is 5.70. The molecule has 0 aromatic rings. The third kappa shape index (κ3) is 6.15. The highest BCUT2D eigenvalue weighted by atomic mass is 16.8. The van der Waals surface area contributed by atoms with Crippen molar-refractivity contribution in [1.29, 1.82) is 0 Å². The lowest BCUT2D eigenvalue weighted by Crippen LogP contribution is -2.66. The van der Waals surface area contributed by atoms with E-state index in [1.165, 1.54) is 0 Å². The summed E-state index contributed by atoms with van der Waals surface area (Å²) in [5, 5.41) is 80.8. The number of carbonyl (C=O) groups is 3. The van der Waals surface area contributed by atoms with Gasteiger partial charge in [-0.15, -0.1) is 0 Å². The molecule has 0 aromatic carbocycles. The van der Waals surface area contributed by atoms with Gasteiger partial charge in [-0.3, -0.25) is 14.4 Å². The normalized spacial score (nSPS) is 48.5. The van der Waals surface area contributed by atoms with E-state index in [4.69, 9.17) is 23.7 Å². The molecule has 0 bridgehead atoms. The minimum absolute atomic E-state index is 0.126. The molecule has 15 atom stereocenters. The van der Waals surface area contributed by atoms with Gasteiger partial charge in [0.05, 0.1) is 0 Å². The van der Waals surface area contributed by atoms with Crippen LogP contribution in [0, 0.1) is 0 Å². The highest BCUT2D eigenvalue weighted by molar-refractivity contribution is 5.38. The van der Waals surface area contributed by atoms with Crippen LogP contribution in [0.25, 0.3) is 0 Å². The summed E-state index contributed by atoms with van der Waals surface area (Å²) in [7, 11) is 0. The van der Waals surface area contributed by atoms with Gasteiger partial charge in [0, 0.05) is 0 Å². The summed E-state index contributed by atoms with van der Waals surface area (Å²) in [6.07, 6.45) is -29.2. The van der Waals surface area contributed by atoms with Gasteiger partial charge >= 0.3 is 0 Å². The number of aliphatic hydroxyl groups is 8. The number of hydrogen-bond donors (Lipinski definition) is 8. The topological polar surface area (TPSA) is 287 Å². The van der Waals surface area contributed by atoms with Gasteiger partial charge in [-0.05, 0) is 0 Å². The van der Waals surface area contributed by atoms with E-state index in [0.29, 0.717) is 0 Å². The highest BCUT2D eigenvalue weighted by Crippen LogP contribution is 2.32. The van der Waals surface area contributed by atoms with E-state index in [0.717, 1.165) is 0 Å². The Labute approximate surface area is 206 Å². The number of ether oxygens (including phenoxy) is 8. The van der Waals surface area contributed by atoms with E-state index in [2.05, 4.69) is 14.2 Å². The van der Waals surface area contributed by atoms with E-state index in [-0.39, 0.29) is 19.4 Å². The van der Waals surface area contributed by atoms with Gasteiger partial charge in [0.25, 0.3) is 19.4 Å². The van der Waals surface area contributed by atoms with E-state index in [1.54, 1.807) is 0 Å². The van der Waals surface area contributed by atoms with Crippen LogP contribution >= 0.6 is 0 Å². The zero-order valence-electron chi connectivity index (χ0n) is 18.5. The molecule has 19 heteroatoms. The Bertz CT molecular complexity index is 769. The fraction of sp³-hybridized carbons (Fsp3) is 0.833. The van der Waals surface area contributed by atoms with Crippen LogP contribution in [0.4, 0.5) is 0 Å². The summed E-state index contributed by atoms with van der Waals surface area (Å²) in [5.41, 5.74) is 0. The summed E-state index contributed by atoms with van der Waals surface area (Å²) < 4.78 is 39.4. The van der Waals surface area contributed by atoms with Gasteiger partial charge in [-0.2, -0.15) is 0 Å². The predicted octanol–water partition coefficient (Wildman–Crippen LogP) is -7.16. The lowest BCUT2D eigenvalue weighted by molar-refractivity contribution is -0.412. The molecule has 3 fully saturated rings. The Kier molecular flexibility index (Phi) is 10.0. The van der Waals surface area contributed by atoms with E-state index in [9.17, 15) is 55.2 Å². The first-order valence-electron chi connectivity index (χ1n) is 10.5. The Morgan fingerprint density at radius 3 is 1.32 bits per heavy atom. The Balaban J connectivity index is 1.77. The van der Waals surface area contributed by atoms with Gasteiger partial charge in [0.1, 0.15) is 42.7 Å². The summed E-state index contributed by atoms with van der Waals surface area (Å²) in [5.74, 6) is 0. The van der Waals surface area contributed by atoms with Gasteiger partial charge in [-0.1, -0.05) is 0 Å². The fourth-order valence-electron chi connectivity index (χ4n) is 3.76. The second-order valence-corrected chi connectivity index (χ2v) is 7.97. The molecule has 3 rings (SSSR count). The summed E-state index contributed by atoms with van der Waals surface area (Å²) >= 11 is 0. The van der Waals surface area contributed by atoms with Crippen LogP contribution in [0.15, 0.2) is 0 Å². The van der Waals surface area contributed by atoms with Crippen LogP contribution in [-0.4, -0.2) is 153 Å². The molecule has 3 aliphatic rings. The van der Waals surface area contributed by atoms with Gasteiger partial charge in [0.2, 0.25) is 18.9 Å². The first-order chi connectivity index (χ1) is 17.5.